The van der Waals surface area contributed by atoms with Gasteiger partial charge in [0.25, 0.3) is 0 Å². The van der Waals surface area contributed by atoms with Crippen molar-refractivity contribution < 1.29 is 4.74 Å². The standard InChI is InChI=1S/C22H25ClN4O2/c1-15(2)29-18-10-8-16(9-11-18)26-21(19-12-13-24-14-20(19)23)25-27(22(26)28)17-6-4-3-5-7-17/h8-15,17H,3-7H2,1-2H3. The van der Waals surface area contributed by atoms with Gasteiger partial charge in [0, 0.05) is 18.0 Å². The number of aromatic nitrogens is 4. The number of halogens is 1. The highest BCUT2D eigenvalue weighted by molar-refractivity contribution is 6.33. The molecule has 0 aliphatic heterocycles. The molecule has 1 aromatic carbocycles. The molecule has 0 radical (unpaired) electrons. The monoisotopic (exact) mass is 412 g/mol. The number of ether oxygens (including phenoxy) is 1. The maximum absolute atomic E-state index is 13.4. The third-order valence-corrected chi connectivity index (χ3v) is 5.50. The minimum atomic E-state index is -0.141. The molecule has 1 fully saturated rings. The van der Waals surface area contributed by atoms with Crippen LogP contribution in [0.1, 0.15) is 52.0 Å². The Morgan fingerprint density at radius 1 is 1.10 bits per heavy atom. The zero-order valence-corrected chi connectivity index (χ0v) is 17.5. The van der Waals surface area contributed by atoms with E-state index in [-0.39, 0.29) is 17.8 Å². The van der Waals surface area contributed by atoms with Crippen LogP contribution in [0.3, 0.4) is 0 Å². The van der Waals surface area contributed by atoms with Crippen molar-refractivity contribution in [1.29, 1.82) is 0 Å². The normalized spacial score (nSPS) is 15.0. The van der Waals surface area contributed by atoms with Gasteiger partial charge in [-0.05, 0) is 57.0 Å². The van der Waals surface area contributed by atoms with Gasteiger partial charge in [0.05, 0.1) is 22.9 Å². The Bertz CT molecular complexity index is 1030. The summed E-state index contributed by atoms with van der Waals surface area (Å²) in [7, 11) is 0. The first-order chi connectivity index (χ1) is 14.0. The van der Waals surface area contributed by atoms with Crippen molar-refractivity contribution in [3.8, 4) is 22.8 Å². The number of hydrogen-bond acceptors (Lipinski definition) is 4. The molecule has 0 spiro atoms. The average Bonchev–Trinajstić information content (AvgIpc) is 3.06. The van der Waals surface area contributed by atoms with Crippen molar-refractivity contribution in [3.63, 3.8) is 0 Å². The SMILES string of the molecule is CC(C)Oc1ccc(-n2c(-c3ccncc3Cl)nn(C3CCCCC3)c2=O)cc1. The van der Waals surface area contributed by atoms with E-state index < -0.39 is 0 Å². The summed E-state index contributed by atoms with van der Waals surface area (Å²) in [6, 6.07) is 9.42. The average molecular weight is 413 g/mol. The Labute approximate surface area is 175 Å². The molecule has 2 heterocycles. The van der Waals surface area contributed by atoms with Gasteiger partial charge in [-0.2, -0.15) is 0 Å². The highest BCUT2D eigenvalue weighted by Gasteiger charge is 2.24. The highest BCUT2D eigenvalue weighted by atomic mass is 35.5. The molecule has 29 heavy (non-hydrogen) atoms. The fourth-order valence-corrected chi connectivity index (χ4v) is 4.06. The molecule has 0 N–H and O–H groups in total. The zero-order chi connectivity index (χ0) is 20.4. The van der Waals surface area contributed by atoms with Crippen LogP contribution in [0.2, 0.25) is 5.02 Å². The Morgan fingerprint density at radius 2 is 1.83 bits per heavy atom. The lowest BCUT2D eigenvalue weighted by atomic mass is 9.96. The van der Waals surface area contributed by atoms with Crippen LogP contribution in [0.5, 0.6) is 5.75 Å². The highest BCUT2D eigenvalue weighted by Crippen LogP contribution is 2.30. The molecule has 1 aliphatic rings. The van der Waals surface area contributed by atoms with E-state index in [4.69, 9.17) is 21.4 Å². The second kappa shape index (κ2) is 8.41. The number of rotatable bonds is 5. The second-order valence-corrected chi connectivity index (χ2v) is 8.10. The van der Waals surface area contributed by atoms with Crippen LogP contribution in [0.15, 0.2) is 47.5 Å². The van der Waals surface area contributed by atoms with Gasteiger partial charge >= 0.3 is 5.69 Å². The minimum Gasteiger partial charge on any atom is -0.491 e. The van der Waals surface area contributed by atoms with E-state index in [2.05, 4.69) is 4.98 Å². The summed E-state index contributed by atoms with van der Waals surface area (Å²) in [4.78, 5) is 17.5. The Balaban J connectivity index is 1.84. The molecule has 0 unspecified atom stereocenters. The van der Waals surface area contributed by atoms with E-state index in [0.717, 1.165) is 37.1 Å². The lowest BCUT2D eigenvalue weighted by Gasteiger charge is -2.20. The molecule has 1 saturated carbocycles. The van der Waals surface area contributed by atoms with Crippen molar-refractivity contribution in [3.05, 3.63) is 58.2 Å². The van der Waals surface area contributed by atoms with Crippen LogP contribution in [0.25, 0.3) is 17.1 Å². The largest absolute Gasteiger partial charge is 0.491 e. The predicted octanol–water partition coefficient (Wildman–Crippen LogP) is 5.04. The molecule has 3 aromatic rings. The van der Waals surface area contributed by atoms with Gasteiger partial charge in [-0.25, -0.2) is 14.0 Å². The van der Waals surface area contributed by atoms with Gasteiger partial charge in [0.2, 0.25) is 0 Å². The molecule has 4 rings (SSSR count). The van der Waals surface area contributed by atoms with Crippen molar-refractivity contribution >= 4 is 11.6 Å². The molecular weight excluding hydrogens is 388 g/mol. The zero-order valence-electron chi connectivity index (χ0n) is 16.7. The molecule has 7 heteroatoms. The van der Waals surface area contributed by atoms with Crippen molar-refractivity contribution in [2.24, 2.45) is 0 Å². The number of benzene rings is 1. The molecule has 2 aromatic heterocycles. The Kier molecular flexibility index (Phi) is 5.72. The van der Waals surface area contributed by atoms with Crippen molar-refractivity contribution in [1.82, 2.24) is 19.3 Å². The van der Waals surface area contributed by atoms with E-state index in [0.29, 0.717) is 16.4 Å². The lowest BCUT2D eigenvalue weighted by molar-refractivity contribution is 0.242. The second-order valence-electron chi connectivity index (χ2n) is 7.69. The summed E-state index contributed by atoms with van der Waals surface area (Å²) >= 11 is 6.40. The van der Waals surface area contributed by atoms with Gasteiger partial charge in [0.1, 0.15) is 5.75 Å². The molecular formula is C22H25ClN4O2. The summed E-state index contributed by atoms with van der Waals surface area (Å²) in [6.45, 7) is 3.96. The van der Waals surface area contributed by atoms with Crippen LogP contribution in [0, 0.1) is 0 Å². The van der Waals surface area contributed by atoms with Crippen molar-refractivity contribution in [2.75, 3.05) is 0 Å². The minimum absolute atomic E-state index is 0.0869. The summed E-state index contributed by atoms with van der Waals surface area (Å²) < 4.78 is 9.01. The van der Waals surface area contributed by atoms with E-state index >= 15 is 0 Å². The first kappa shape index (κ1) is 19.7. The predicted molar refractivity (Wildman–Crippen MR) is 114 cm³/mol. The quantitative estimate of drug-likeness (QED) is 0.588. The first-order valence-corrected chi connectivity index (χ1v) is 10.5. The van der Waals surface area contributed by atoms with Crippen LogP contribution in [-0.2, 0) is 0 Å². The van der Waals surface area contributed by atoms with E-state index in [9.17, 15) is 4.79 Å². The summed E-state index contributed by atoms with van der Waals surface area (Å²) in [5.74, 6) is 1.30. The smallest absolute Gasteiger partial charge is 0.351 e. The lowest BCUT2D eigenvalue weighted by Crippen LogP contribution is -2.28. The topological polar surface area (TPSA) is 61.9 Å². The molecule has 0 bridgehead atoms. The molecule has 1 aliphatic carbocycles. The third kappa shape index (κ3) is 4.08. The molecule has 6 nitrogen and oxygen atoms in total. The van der Waals surface area contributed by atoms with Gasteiger partial charge in [-0.3, -0.25) is 4.98 Å². The van der Waals surface area contributed by atoms with E-state index in [1.807, 2.05) is 38.1 Å². The van der Waals surface area contributed by atoms with Gasteiger partial charge in [-0.15, -0.1) is 5.10 Å². The van der Waals surface area contributed by atoms with Gasteiger partial charge < -0.3 is 4.74 Å². The third-order valence-electron chi connectivity index (χ3n) is 5.20. The van der Waals surface area contributed by atoms with Crippen LogP contribution < -0.4 is 10.4 Å². The maximum Gasteiger partial charge on any atom is 0.351 e. The molecule has 152 valence electrons. The summed E-state index contributed by atoms with van der Waals surface area (Å²) in [6.07, 6.45) is 8.73. The first-order valence-electron chi connectivity index (χ1n) is 10.1. The number of pyridine rings is 1. The summed E-state index contributed by atoms with van der Waals surface area (Å²) in [5, 5.41) is 5.20. The number of nitrogens with zero attached hydrogens (tertiary/aromatic N) is 4. The van der Waals surface area contributed by atoms with E-state index in [1.165, 1.54) is 6.42 Å². The van der Waals surface area contributed by atoms with Crippen LogP contribution in [-0.4, -0.2) is 25.4 Å². The van der Waals surface area contributed by atoms with Gasteiger partial charge in [-0.1, -0.05) is 30.9 Å². The molecule has 0 saturated heterocycles. The Morgan fingerprint density at radius 3 is 2.48 bits per heavy atom. The van der Waals surface area contributed by atoms with Crippen molar-refractivity contribution in [2.45, 2.75) is 58.1 Å². The Hall–Kier alpha value is -2.60. The van der Waals surface area contributed by atoms with E-state index in [1.54, 1.807) is 27.7 Å². The fourth-order valence-electron chi connectivity index (χ4n) is 3.86. The fraction of sp³-hybridized carbons (Fsp3) is 0.409. The van der Waals surface area contributed by atoms with Crippen LogP contribution in [0.4, 0.5) is 0 Å². The molecule has 0 amide bonds. The maximum atomic E-state index is 13.4. The summed E-state index contributed by atoms with van der Waals surface area (Å²) in [5.41, 5.74) is 1.28. The number of hydrogen-bond donors (Lipinski definition) is 0. The van der Waals surface area contributed by atoms with Crippen LogP contribution >= 0.6 is 11.6 Å². The van der Waals surface area contributed by atoms with Gasteiger partial charge in [0.15, 0.2) is 5.82 Å². The molecule has 0 atom stereocenters.